The fraction of sp³-hybridized carbons (Fsp3) is 0.424. The van der Waals surface area contributed by atoms with E-state index in [9.17, 15) is 9.90 Å². The smallest absolute Gasteiger partial charge is 0.235 e. The van der Waals surface area contributed by atoms with E-state index in [1.165, 1.54) is 22.0 Å². The summed E-state index contributed by atoms with van der Waals surface area (Å²) in [5.74, 6) is 0.787. The third-order valence-electron chi connectivity index (χ3n) is 8.68. The Balaban J connectivity index is 1.06. The molecule has 214 valence electrons. The molecule has 2 aliphatic rings. The van der Waals surface area contributed by atoms with Gasteiger partial charge in [0, 0.05) is 59.0 Å². The minimum Gasteiger partial charge on any atom is -0.490 e. The first kappa shape index (κ1) is 27.4. The van der Waals surface area contributed by atoms with E-state index in [1.807, 2.05) is 24.4 Å². The predicted octanol–water partition coefficient (Wildman–Crippen LogP) is 4.86. The highest BCUT2D eigenvalue weighted by atomic mass is 16.5. The van der Waals surface area contributed by atoms with Crippen LogP contribution in [0.4, 0.5) is 5.69 Å². The first-order chi connectivity index (χ1) is 19.8. The number of nitrogens with zero attached hydrogens (tertiary/aromatic N) is 2. The van der Waals surface area contributed by atoms with Crippen molar-refractivity contribution in [3.63, 3.8) is 0 Å². The number of fused-ring (bicyclic) bond motifs is 3. The summed E-state index contributed by atoms with van der Waals surface area (Å²) in [4.78, 5) is 24.9. The Hall–Kier alpha value is -3.75. The number of para-hydroxylation sites is 1. The van der Waals surface area contributed by atoms with Gasteiger partial charge in [0.25, 0.3) is 0 Å². The molecule has 0 unspecified atom stereocenters. The summed E-state index contributed by atoms with van der Waals surface area (Å²) < 4.78 is 6.15. The molecule has 2 aromatic heterocycles. The van der Waals surface area contributed by atoms with Gasteiger partial charge in [-0.25, -0.2) is 0 Å². The molecular weight excluding hydrogens is 514 g/mol. The minimum absolute atomic E-state index is 0.0833. The van der Waals surface area contributed by atoms with E-state index in [-0.39, 0.29) is 18.1 Å². The van der Waals surface area contributed by atoms with E-state index in [0.717, 1.165) is 61.9 Å². The van der Waals surface area contributed by atoms with Crippen LogP contribution < -0.4 is 15.4 Å². The molecule has 1 aliphatic carbocycles. The van der Waals surface area contributed by atoms with Gasteiger partial charge in [-0.1, -0.05) is 37.1 Å². The number of ether oxygens (including phenoxy) is 1. The molecule has 4 N–H and O–H groups in total. The van der Waals surface area contributed by atoms with Crippen LogP contribution in [0, 0.1) is 0 Å². The number of benzene rings is 2. The monoisotopic (exact) mass is 553 g/mol. The first-order valence-corrected chi connectivity index (χ1v) is 14.7. The summed E-state index contributed by atoms with van der Waals surface area (Å²) in [6, 6.07) is 12.2. The van der Waals surface area contributed by atoms with Crippen LogP contribution in [-0.4, -0.2) is 50.8 Å². The van der Waals surface area contributed by atoms with Crippen molar-refractivity contribution in [2.75, 3.05) is 18.5 Å². The lowest BCUT2D eigenvalue weighted by atomic mass is 9.79. The summed E-state index contributed by atoms with van der Waals surface area (Å²) in [5.41, 5.74) is 5.75. The molecule has 1 fully saturated rings. The van der Waals surface area contributed by atoms with Gasteiger partial charge < -0.3 is 25.5 Å². The molecule has 8 nitrogen and oxygen atoms in total. The van der Waals surface area contributed by atoms with Gasteiger partial charge in [0.05, 0.1) is 11.1 Å². The van der Waals surface area contributed by atoms with Crippen molar-refractivity contribution in [2.45, 2.75) is 75.9 Å². The summed E-state index contributed by atoms with van der Waals surface area (Å²) >= 11 is 0. The van der Waals surface area contributed by atoms with Crippen molar-refractivity contribution in [3.8, 4) is 5.75 Å². The van der Waals surface area contributed by atoms with Crippen LogP contribution in [0.2, 0.25) is 0 Å². The molecule has 1 atom stereocenters. The molecule has 6 rings (SSSR count). The number of aromatic nitrogens is 3. The highest BCUT2D eigenvalue weighted by molar-refractivity contribution is 6.07. The predicted molar refractivity (Wildman–Crippen MR) is 160 cm³/mol. The van der Waals surface area contributed by atoms with Crippen molar-refractivity contribution >= 4 is 22.5 Å². The zero-order valence-electron chi connectivity index (χ0n) is 23.9. The van der Waals surface area contributed by atoms with Crippen molar-refractivity contribution < 1.29 is 14.6 Å². The molecule has 1 saturated carbocycles. The summed E-state index contributed by atoms with van der Waals surface area (Å²) in [7, 11) is 0. The number of amides is 1. The molecule has 8 heteroatoms. The Morgan fingerprint density at radius 3 is 2.73 bits per heavy atom. The van der Waals surface area contributed by atoms with Gasteiger partial charge in [0.2, 0.25) is 5.91 Å². The van der Waals surface area contributed by atoms with Gasteiger partial charge in [-0.2, -0.15) is 0 Å². The van der Waals surface area contributed by atoms with Crippen molar-refractivity contribution in [1.29, 1.82) is 0 Å². The minimum atomic E-state index is -0.689. The fourth-order valence-corrected chi connectivity index (χ4v) is 6.59. The van der Waals surface area contributed by atoms with E-state index < -0.39 is 11.5 Å². The average Bonchev–Trinajstić information content (AvgIpc) is 3.69. The molecule has 3 heterocycles. The topological polar surface area (TPSA) is 112 Å². The van der Waals surface area contributed by atoms with E-state index in [4.69, 9.17) is 4.74 Å². The molecule has 1 spiro atoms. The standard InChI is InChI=1S/C33H39N5O3/c1-32(2,17-23-18-36-30-22(7-5-8-26(23)30)11-12-24-19-34-15-16-35-24)37-20-25(39)21-41-28-10-6-9-27-29(28)33(31(40)38-27)13-3-4-14-33/h5-10,15-16,18-19,25,36-37,39H,3-4,11-14,17,20-21H2,1-2H3,(H,38,40)/t25-/m0/s1. The quantitative estimate of drug-likeness (QED) is 0.211. The molecule has 2 aromatic carbocycles. The van der Waals surface area contributed by atoms with Crippen LogP contribution >= 0.6 is 0 Å². The first-order valence-electron chi connectivity index (χ1n) is 14.7. The Morgan fingerprint density at radius 1 is 1.10 bits per heavy atom. The Morgan fingerprint density at radius 2 is 1.93 bits per heavy atom. The molecule has 1 amide bonds. The van der Waals surface area contributed by atoms with Gasteiger partial charge in [-0.3, -0.25) is 14.8 Å². The molecule has 1 aliphatic heterocycles. The maximum atomic E-state index is 12.8. The van der Waals surface area contributed by atoms with Crippen LogP contribution in [0.5, 0.6) is 5.75 Å². The second-order valence-corrected chi connectivity index (χ2v) is 12.2. The van der Waals surface area contributed by atoms with Crippen molar-refractivity contribution in [1.82, 2.24) is 20.3 Å². The van der Waals surface area contributed by atoms with Crippen LogP contribution in [0.3, 0.4) is 0 Å². The number of anilines is 1. The van der Waals surface area contributed by atoms with E-state index >= 15 is 0 Å². The zero-order chi connectivity index (χ0) is 28.5. The van der Waals surface area contributed by atoms with Crippen LogP contribution in [0.15, 0.2) is 61.2 Å². The van der Waals surface area contributed by atoms with Gasteiger partial charge in [-0.15, -0.1) is 0 Å². The summed E-state index contributed by atoms with van der Waals surface area (Å²) in [6.45, 7) is 4.87. The van der Waals surface area contributed by atoms with Crippen LogP contribution in [0.1, 0.15) is 61.9 Å². The highest BCUT2D eigenvalue weighted by Gasteiger charge is 2.50. The lowest BCUT2D eigenvalue weighted by molar-refractivity contribution is -0.120. The average molecular weight is 554 g/mol. The largest absolute Gasteiger partial charge is 0.490 e. The summed E-state index contributed by atoms with van der Waals surface area (Å²) in [5, 5.41) is 18.7. The highest BCUT2D eigenvalue weighted by Crippen LogP contribution is 2.52. The second kappa shape index (κ2) is 11.3. The lowest BCUT2D eigenvalue weighted by Gasteiger charge is -2.28. The number of β-amino-alcohol motifs (C(OH)–C–C–N with tert-alkyl or cyclic N) is 1. The number of aliphatic hydroxyl groups is 1. The number of carbonyl (C=O) groups excluding carboxylic acids is 1. The van der Waals surface area contributed by atoms with E-state index in [0.29, 0.717) is 12.3 Å². The number of aromatic amines is 1. The number of carbonyl (C=O) groups is 1. The molecule has 4 aromatic rings. The third-order valence-corrected chi connectivity index (χ3v) is 8.68. The Kier molecular flexibility index (Phi) is 7.53. The number of rotatable bonds is 11. The van der Waals surface area contributed by atoms with Gasteiger partial charge in [-0.05, 0) is 69.2 Å². The molecular formula is C33H39N5O3. The summed E-state index contributed by atoms with van der Waals surface area (Å²) in [6.07, 6.45) is 13.0. The fourth-order valence-electron chi connectivity index (χ4n) is 6.59. The molecule has 41 heavy (non-hydrogen) atoms. The maximum Gasteiger partial charge on any atom is 0.235 e. The van der Waals surface area contributed by atoms with E-state index in [1.54, 1.807) is 12.4 Å². The number of aliphatic hydroxyl groups excluding tert-OH is 1. The van der Waals surface area contributed by atoms with Gasteiger partial charge in [0.1, 0.15) is 18.5 Å². The Labute approximate surface area is 241 Å². The number of hydrogen-bond donors (Lipinski definition) is 4. The third kappa shape index (κ3) is 5.59. The lowest BCUT2D eigenvalue weighted by Crippen LogP contribution is -2.46. The molecule has 0 saturated heterocycles. The van der Waals surface area contributed by atoms with Crippen molar-refractivity contribution in [3.05, 3.63) is 83.6 Å². The van der Waals surface area contributed by atoms with Crippen LogP contribution in [-0.2, 0) is 29.5 Å². The Bertz CT molecular complexity index is 1520. The SMILES string of the molecule is CC(C)(Cc1c[nH]c2c(CCc3cnccn3)cccc12)NC[C@H](O)COc1cccc2c1C1(CCCC1)C(=O)N2. The number of hydrogen-bond acceptors (Lipinski definition) is 6. The van der Waals surface area contributed by atoms with Gasteiger partial charge >= 0.3 is 0 Å². The van der Waals surface area contributed by atoms with Crippen LogP contribution in [0.25, 0.3) is 10.9 Å². The number of nitrogens with one attached hydrogen (secondary N) is 3. The normalized spacial score (nSPS) is 16.7. The zero-order valence-corrected chi connectivity index (χ0v) is 23.9. The second-order valence-electron chi connectivity index (χ2n) is 12.2. The maximum absolute atomic E-state index is 12.8. The molecule has 0 radical (unpaired) electrons. The van der Waals surface area contributed by atoms with Crippen molar-refractivity contribution in [2.24, 2.45) is 0 Å². The molecule has 0 bridgehead atoms. The van der Waals surface area contributed by atoms with E-state index in [2.05, 4.69) is 63.8 Å². The number of aryl methyl sites for hydroxylation is 2. The van der Waals surface area contributed by atoms with Gasteiger partial charge in [0.15, 0.2) is 0 Å². The number of H-pyrrole nitrogens is 1.